The van der Waals surface area contributed by atoms with Gasteiger partial charge >= 0.3 is 0 Å². The van der Waals surface area contributed by atoms with Crippen LogP contribution in [0, 0.1) is 5.92 Å². The van der Waals surface area contributed by atoms with Crippen molar-refractivity contribution in [3.8, 4) is 0 Å². The first-order valence-corrected chi connectivity index (χ1v) is 7.51. The smallest absolute Gasteiger partial charge is 0.0753 e. The lowest BCUT2D eigenvalue weighted by Crippen LogP contribution is -2.20. The van der Waals surface area contributed by atoms with Crippen molar-refractivity contribution in [2.45, 2.75) is 31.9 Å². The van der Waals surface area contributed by atoms with E-state index in [-0.39, 0.29) is 8.80 Å². The molecule has 0 nitrogen and oxygen atoms in total. The van der Waals surface area contributed by atoms with Gasteiger partial charge in [0.15, 0.2) is 0 Å². The molecule has 1 radical (unpaired) electrons. The molecule has 0 saturated carbocycles. The number of allylic oxidation sites excluding steroid dienone is 1. The molecule has 1 aliphatic heterocycles. The van der Waals surface area contributed by atoms with Crippen LogP contribution in [0.1, 0.15) is 19.8 Å². The van der Waals surface area contributed by atoms with Crippen LogP contribution in [0.25, 0.3) is 0 Å². The van der Waals surface area contributed by atoms with Crippen molar-refractivity contribution in [2.75, 3.05) is 5.33 Å². The van der Waals surface area contributed by atoms with E-state index < -0.39 is 0 Å². The van der Waals surface area contributed by atoms with Gasteiger partial charge in [-0.15, -0.1) is 5.70 Å². The Hall–Kier alpha value is 0.437. The molecule has 1 saturated heterocycles. The molecule has 0 atom stereocenters. The largest absolute Gasteiger partial charge is 0.100 e. The summed E-state index contributed by atoms with van der Waals surface area (Å²) in [5.41, 5.74) is 2.47. The molecule has 1 aliphatic rings. The summed E-state index contributed by atoms with van der Waals surface area (Å²) in [6.07, 6.45) is 5.16. The maximum absolute atomic E-state index is 3.56. The molecule has 1 heterocycles. The van der Waals surface area contributed by atoms with Crippen molar-refractivity contribution in [3.05, 3.63) is 11.8 Å². The van der Waals surface area contributed by atoms with Crippen LogP contribution >= 0.6 is 15.9 Å². The van der Waals surface area contributed by atoms with Gasteiger partial charge in [0.05, 0.1) is 8.80 Å². The summed E-state index contributed by atoms with van der Waals surface area (Å²) in [4.78, 5) is 0. The fraction of sp³-hybridized carbons (Fsp3) is 0.778. The number of rotatable bonds is 2. The fourth-order valence-corrected chi connectivity index (χ4v) is 4.87. The van der Waals surface area contributed by atoms with E-state index in [1.807, 2.05) is 0 Å². The van der Waals surface area contributed by atoms with Gasteiger partial charge in [-0.25, -0.2) is 0 Å². The van der Waals surface area contributed by atoms with Crippen LogP contribution in [0.2, 0.25) is 12.1 Å². The molecular weight excluding hydrogens is 216 g/mol. The van der Waals surface area contributed by atoms with Crippen molar-refractivity contribution in [3.63, 3.8) is 0 Å². The van der Waals surface area contributed by atoms with Crippen LogP contribution in [-0.2, 0) is 0 Å². The zero-order valence-electron chi connectivity index (χ0n) is 7.15. The van der Waals surface area contributed by atoms with Gasteiger partial charge < -0.3 is 0 Å². The van der Waals surface area contributed by atoms with Crippen molar-refractivity contribution < 1.29 is 0 Å². The van der Waals surface area contributed by atoms with Crippen molar-refractivity contribution in [1.82, 2.24) is 0 Å². The summed E-state index contributed by atoms with van der Waals surface area (Å²) in [5, 5.41) is 1.22. The summed E-state index contributed by atoms with van der Waals surface area (Å²) >= 11 is 3.56. The van der Waals surface area contributed by atoms with Gasteiger partial charge in [-0.2, -0.15) is 0 Å². The van der Waals surface area contributed by atoms with E-state index >= 15 is 0 Å². The van der Waals surface area contributed by atoms with Crippen LogP contribution in [0.5, 0.6) is 0 Å². The summed E-state index contributed by atoms with van der Waals surface area (Å²) in [6, 6.07) is 3.01. The zero-order chi connectivity index (χ0) is 8.10. The lowest BCUT2D eigenvalue weighted by atomic mass is 10.1. The van der Waals surface area contributed by atoms with Crippen LogP contribution in [0.3, 0.4) is 0 Å². The highest BCUT2D eigenvalue weighted by atomic mass is 79.9. The van der Waals surface area contributed by atoms with Crippen molar-refractivity contribution >= 4 is 24.7 Å². The highest BCUT2D eigenvalue weighted by Gasteiger charge is 2.19. The third-order valence-corrected chi connectivity index (χ3v) is 5.95. The highest BCUT2D eigenvalue weighted by Crippen LogP contribution is 2.26. The normalized spacial score (nSPS) is 23.1. The zero-order valence-corrected chi connectivity index (χ0v) is 9.73. The molecule has 63 valence electrons. The van der Waals surface area contributed by atoms with Crippen molar-refractivity contribution in [2.24, 2.45) is 5.92 Å². The third-order valence-electron chi connectivity index (χ3n) is 2.37. The van der Waals surface area contributed by atoms with Gasteiger partial charge in [0, 0.05) is 5.33 Å². The van der Waals surface area contributed by atoms with E-state index in [4.69, 9.17) is 0 Å². The van der Waals surface area contributed by atoms with Crippen LogP contribution in [0.15, 0.2) is 11.8 Å². The minimum atomic E-state index is -0.0428. The van der Waals surface area contributed by atoms with E-state index in [0.29, 0.717) is 0 Å². The topological polar surface area (TPSA) is 0 Å². The molecule has 1 fully saturated rings. The Morgan fingerprint density at radius 2 is 2.09 bits per heavy atom. The quantitative estimate of drug-likeness (QED) is 0.505. The maximum Gasteiger partial charge on any atom is 0.0753 e. The molecule has 0 amide bonds. The van der Waals surface area contributed by atoms with E-state index in [9.17, 15) is 0 Å². The SMILES string of the molecule is CC=C[Si]1CCC(CBr)CC1. The Morgan fingerprint density at radius 1 is 1.45 bits per heavy atom. The molecular formula is C9H16BrSi. The summed E-state index contributed by atoms with van der Waals surface area (Å²) in [7, 11) is -0.0428. The Morgan fingerprint density at radius 3 is 2.55 bits per heavy atom. The summed E-state index contributed by atoms with van der Waals surface area (Å²) in [6.45, 7) is 2.15. The second-order valence-electron chi connectivity index (χ2n) is 3.26. The average molecular weight is 232 g/mol. The van der Waals surface area contributed by atoms with Gasteiger partial charge in [0.2, 0.25) is 0 Å². The van der Waals surface area contributed by atoms with Gasteiger partial charge in [0.1, 0.15) is 0 Å². The average Bonchev–Trinajstić information content (AvgIpc) is 2.07. The lowest BCUT2D eigenvalue weighted by molar-refractivity contribution is 0.532. The highest BCUT2D eigenvalue weighted by molar-refractivity contribution is 9.09. The Balaban J connectivity index is 2.24. The predicted molar refractivity (Wildman–Crippen MR) is 56.7 cm³/mol. The predicted octanol–water partition coefficient (Wildman–Crippen LogP) is 3.40. The Kier molecular flexibility index (Phi) is 4.46. The molecule has 0 aliphatic carbocycles. The van der Waals surface area contributed by atoms with E-state index in [1.54, 1.807) is 0 Å². The molecule has 0 aromatic rings. The van der Waals surface area contributed by atoms with E-state index in [1.165, 1.54) is 30.3 Å². The number of hydrogen-bond acceptors (Lipinski definition) is 0. The molecule has 0 N–H and O–H groups in total. The second-order valence-corrected chi connectivity index (χ2v) is 6.55. The van der Waals surface area contributed by atoms with Crippen molar-refractivity contribution in [1.29, 1.82) is 0 Å². The van der Waals surface area contributed by atoms with Crippen LogP contribution in [-0.4, -0.2) is 14.1 Å². The maximum atomic E-state index is 3.56. The molecule has 0 unspecified atom stereocenters. The Bertz CT molecular complexity index is 126. The third kappa shape index (κ3) is 3.12. The molecule has 0 aromatic carbocycles. The van der Waals surface area contributed by atoms with Gasteiger partial charge in [-0.3, -0.25) is 0 Å². The number of halogens is 1. The Labute approximate surface area is 79.8 Å². The fourth-order valence-electron chi connectivity index (χ4n) is 1.61. The molecule has 0 bridgehead atoms. The molecule has 1 rings (SSSR count). The van der Waals surface area contributed by atoms with Gasteiger partial charge in [0.25, 0.3) is 0 Å². The molecule has 11 heavy (non-hydrogen) atoms. The first-order valence-electron chi connectivity index (χ1n) is 4.40. The van der Waals surface area contributed by atoms with Gasteiger partial charge in [-0.05, 0) is 12.8 Å². The first-order chi connectivity index (χ1) is 5.36. The van der Waals surface area contributed by atoms with Crippen LogP contribution < -0.4 is 0 Å². The minimum absolute atomic E-state index is 0.0428. The van der Waals surface area contributed by atoms with Gasteiger partial charge in [-0.1, -0.05) is 46.9 Å². The second kappa shape index (κ2) is 5.15. The summed E-state index contributed by atoms with van der Waals surface area (Å²) in [5.74, 6) is 0.981. The standard InChI is InChI=1S/C9H16BrSi/c1-2-5-11-6-3-9(8-10)4-7-11/h2,5,9H,3-4,6-8H2,1H3. The molecule has 0 aromatic heterocycles. The first kappa shape index (κ1) is 9.52. The molecule has 0 spiro atoms. The number of alkyl halides is 1. The molecule has 2 heteroatoms. The monoisotopic (exact) mass is 231 g/mol. The summed E-state index contributed by atoms with van der Waals surface area (Å²) < 4.78 is 0. The van der Waals surface area contributed by atoms with Crippen LogP contribution in [0.4, 0.5) is 0 Å². The minimum Gasteiger partial charge on any atom is -0.100 e. The van der Waals surface area contributed by atoms with E-state index in [2.05, 4.69) is 34.6 Å². The number of hydrogen-bond donors (Lipinski definition) is 0. The van der Waals surface area contributed by atoms with E-state index in [0.717, 1.165) is 5.92 Å². The lowest BCUT2D eigenvalue weighted by Gasteiger charge is -2.23.